The zero-order chi connectivity index (χ0) is 30.0. The van der Waals surface area contributed by atoms with E-state index in [1.807, 2.05) is 0 Å². The highest BCUT2D eigenvalue weighted by Crippen LogP contribution is 2.30. The van der Waals surface area contributed by atoms with Crippen LogP contribution < -0.4 is 10.6 Å². The molecule has 0 fully saturated rings. The molecule has 1 amide bonds. The Kier molecular flexibility index (Phi) is 8.67. The van der Waals surface area contributed by atoms with Gasteiger partial charge in [0.1, 0.15) is 11.5 Å². The molecule has 5 nitrogen and oxygen atoms in total. The first-order valence-corrected chi connectivity index (χ1v) is 13.5. The van der Waals surface area contributed by atoms with Gasteiger partial charge in [0.15, 0.2) is 23.3 Å². The number of nitrogens with one attached hydrogen (secondary N) is 2. The molecule has 12 heteroatoms. The molecular formula is C30H18Cl2F4N4OS. The zero-order valence-electron chi connectivity index (χ0n) is 21.3. The van der Waals surface area contributed by atoms with Gasteiger partial charge in [0, 0.05) is 44.4 Å². The molecule has 42 heavy (non-hydrogen) atoms. The Morgan fingerprint density at radius 3 is 1.55 bits per heavy atom. The number of hydrogen-bond donors (Lipinski definition) is 2. The maximum Gasteiger partial charge on any atom is 0.246 e. The highest BCUT2D eigenvalue weighted by atomic mass is 35.5. The van der Waals surface area contributed by atoms with Gasteiger partial charge in [0.05, 0.1) is 29.3 Å². The molecule has 212 valence electrons. The third kappa shape index (κ3) is 6.20. The minimum atomic E-state index is -1.03. The van der Waals surface area contributed by atoms with Gasteiger partial charge in [-0.25, -0.2) is 17.6 Å². The number of carbonyl (C=O) groups is 1. The Labute approximate surface area is 252 Å². The fourth-order valence-electron chi connectivity index (χ4n) is 4.31. The second-order valence-corrected chi connectivity index (χ2v) is 10.3. The first-order chi connectivity index (χ1) is 20.1. The average molecular weight is 629 g/mol. The van der Waals surface area contributed by atoms with E-state index in [2.05, 4.69) is 20.6 Å². The number of hydrogen-bond acceptors (Lipinski definition) is 4. The van der Waals surface area contributed by atoms with E-state index in [1.54, 1.807) is 48.5 Å². The van der Waals surface area contributed by atoms with Gasteiger partial charge < -0.3 is 10.6 Å². The van der Waals surface area contributed by atoms with Crippen molar-refractivity contribution in [1.82, 2.24) is 0 Å². The van der Waals surface area contributed by atoms with E-state index in [4.69, 9.17) is 35.4 Å². The van der Waals surface area contributed by atoms with Crippen LogP contribution in [0.25, 0.3) is 0 Å². The van der Waals surface area contributed by atoms with Gasteiger partial charge in [0.2, 0.25) is 5.91 Å². The van der Waals surface area contributed by atoms with Crippen molar-refractivity contribution in [3.8, 4) is 0 Å². The van der Waals surface area contributed by atoms with Crippen LogP contribution in [0.3, 0.4) is 0 Å². The molecule has 0 saturated heterocycles. The van der Waals surface area contributed by atoms with Crippen LogP contribution in [-0.4, -0.2) is 35.4 Å². The highest BCUT2D eigenvalue weighted by molar-refractivity contribution is 7.80. The Morgan fingerprint density at radius 2 is 1.05 bits per heavy atom. The lowest BCUT2D eigenvalue weighted by molar-refractivity contribution is -0.114. The first-order valence-electron chi connectivity index (χ1n) is 12.3. The Bertz CT molecular complexity index is 1680. The summed E-state index contributed by atoms with van der Waals surface area (Å²) in [6.45, 7) is 0.0896. The summed E-state index contributed by atoms with van der Waals surface area (Å²) in [5, 5.41) is 6.29. The van der Waals surface area contributed by atoms with Gasteiger partial charge >= 0.3 is 0 Å². The fourth-order valence-corrected chi connectivity index (χ4v) is 4.94. The van der Waals surface area contributed by atoms with Crippen molar-refractivity contribution in [1.29, 1.82) is 0 Å². The molecule has 0 radical (unpaired) electrons. The number of rotatable bonds is 2. The number of nitrogens with zero attached hydrogens (tertiary/aromatic N) is 2. The van der Waals surface area contributed by atoms with Crippen molar-refractivity contribution in [3.05, 3.63) is 128 Å². The lowest BCUT2D eigenvalue weighted by Crippen LogP contribution is -2.13. The Hall–Kier alpha value is -4.12. The van der Waals surface area contributed by atoms with Crippen molar-refractivity contribution in [2.45, 2.75) is 0 Å². The van der Waals surface area contributed by atoms with E-state index < -0.39 is 29.2 Å². The minimum absolute atomic E-state index is 0.140. The first kappa shape index (κ1) is 29.4. The van der Waals surface area contributed by atoms with Crippen LogP contribution in [0.2, 0.25) is 10.0 Å². The lowest BCUT2D eigenvalue weighted by Gasteiger charge is -2.12. The molecule has 0 unspecified atom stereocenters. The predicted molar refractivity (Wildman–Crippen MR) is 161 cm³/mol. The number of halogens is 6. The van der Waals surface area contributed by atoms with Gasteiger partial charge in [-0.1, -0.05) is 71.8 Å². The fraction of sp³-hybridized carbons (Fsp3) is 0.0667. The van der Waals surface area contributed by atoms with Gasteiger partial charge in [-0.15, -0.1) is 0 Å². The number of anilines is 2. The number of thiocarbonyl (C=S) groups is 1. The van der Waals surface area contributed by atoms with Crippen LogP contribution in [-0.2, 0) is 4.79 Å². The van der Waals surface area contributed by atoms with Crippen molar-refractivity contribution in [2.75, 3.05) is 23.7 Å². The third-order valence-corrected chi connectivity index (χ3v) is 7.09. The molecule has 0 atom stereocenters. The topological polar surface area (TPSA) is 65.8 Å². The molecule has 6 rings (SSSR count). The maximum atomic E-state index is 13.6. The number of aliphatic imine (C=N–C) groups is 2. The number of carbonyl (C=O) groups excluding carboxylic acids is 1. The monoisotopic (exact) mass is 628 g/mol. The van der Waals surface area contributed by atoms with Crippen LogP contribution in [0, 0.1) is 23.3 Å². The van der Waals surface area contributed by atoms with Gasteiger partial charge in [-0.2, -0.15) is 0 Å². The molecular weight excluding hydrogens is 611 g/mol. The lowest BCUT2D eigenvalue weighted by atomic mass is 10.00. The van der Waals surface area contributed by atoms with Gasteiger partial charge in [-0.3, -0.25) is 14.8 Å². The van der Waals surface area contributed by atoms with E-state index in [0.717, 1.165) is 24.3 Å². The number of benzodiazepines with no additional fused rings is 2. The maximum absolute atomic E-state index is 13.6. The number of fused-ring (bicyclic) bond motifs is 2. The minimum Gasteiger partial charge on any atom is -0.348 e. The predicted octanol–water partition coefficient (Wildman–Crippen LogP) is 7.62. The number of amides is 1. The molecule has 2 heterocycles. The van der Waals surface area contributed by atoms with Crippen LogP contribution in [0.4, 0.5) is 28.9 Å². The van der Waals surface area contributed by atoms with Crippen molar-refractivity contribution >= 4 is 69.1 Å². The molecule has 2 aliphatic heterocycles. The molecule has 0 aliphatic carbocycles. The summed E-state index contributed by atoms with van der Waals surface area (Å²) < 4.78 is 54.0. The van der Waals surface area contributed by atoms with Crippen molar-refractivity contribution in [2.24, 2.45) is 9.98 Å². The van der Waals surface area contributed by atoms with E-state index in [1.165, 1.54) is 0 Å². The molecule has 0 bridgehead atoms. The van der Waals surface area contributed by atoms with Gasteiger partial charge in [0.25, 0.3) is 0 Å². The Morgan fingerprint density at radius 1 is 0.619 bits per heavy atom. The SMILES string of the molecule is Fc1cc2c(cc1F)C(c1ccccc1Cl)=NCC(=S)N2.O=C1CN=C(c2ccccc2Cl)c2cc(F)c(F)cc2N1. The second-order valence-electron chi connectivity index (χ2n) is 9.01. The summed E-state index contributed by atoms with van der Waals surface area (Å²) in [5.41, 5.74) is 3.34. The molecule has 2 aliphatic rings. The zero-order valence-corrected chi connectivity index (χ0v) is 23.6. The van der Waals surface area contributed by atoms with E-state index in [0.29, 0.717) is 54.4 Å². The number of benzene rings is 4. The highest BCUT2D eigenvalue weighted by Gasteiger charge is 2.23. The Balaban J connectivity index is 0.000000168. The molecule has 0 saturated carbocycles. The summed E-state index contributed by atoms with van der Waals surface area (Å²) in [5.74, 6) is -4.32. The molecule has 4 aromatic rings. The van der Waals surface area contributed by atoms with Crippen molar-refractivity contribution in [3.63, 3.8) is 0 Å². The smallest absolute Gasteiger partial charge is 0.246 e. The largest absolute Gasteiger partial charge is 0.348 e. The van der Waals surface area contributed by atoms with E-state index in [9.17, 15) is 22.4 Å². The van der Waals surface area contributed by atoms with E-state index in [-0.39, 0.29) is 18.8 Å². The second kappa shape index (κ2) is 12.4. The molecule has 0 aromatic heterocycles. The van der Waals surface area contributed by atoms with E-state index >= 15 is 0 Å². The summed E-state index contributed by atoms with van der Waals surface area (Å²) >= 11 is 17.4. The van der Waals surface area contributed by atoms with Crippen LogP contribution in [0.5, 0.6) is 0 Å². The third-order valence-electron chi connectivity index (χ3n) is 6.20. The summed E-state index contributed by atoms with van der Waals surface area (Å²) in [7, 11) is 0. The summed E-state index contributed by atoms with van der Waals surface area (Å²) in [4.78, 5) is 20.6. The quantitative estimate of drug-likeness (QED) is 0.177. The van der Waals surface area contributed by atoms with Crippen molar-refractivity contribution < 1.29 is 22.4 Å². The molecule has 0 spiro atoms. The summed E-state index contributed by atoms with van der Waals surface area (Å²) in [6, 6.07) is 18.1. The van der Waals surface area contributed by atoms with Crippen LogP contribution >= 0.6 is 35.4 Å². The van der Waals surface area contributed by atoms with Gasteiger partial charge in [-0.05, 0) is 24.3 Å². The molecule has 4 aromatic carbocycles. The van der Waals surface area contributed by atoms with Crippen LogP contribution in [0.1, 0.15) is 22.3 Å². The molecule has 2 N–H and O–H groups in total. The summed E-state index contributed by atoms with van der Waals surface area (Å²) in [6.07, 6.45) is 0. The normalized spacial score (nSPS) is 14.0. The van der Waals surface area contributed by atoms with Crippen LogP contribution in [0.15, 0.2) is 82.8 Å². The average Bonchev–Trinajstić information content (AvgIpc) is 3.20. The standard InChI is InChI=1S/C15H9ClF2N2O.C15H9ClF2N2S/c2*16-10-4-2-1-3-8(10)15-9-5-11(17)12(18)6-13(9)20-14(21)7-19-15/h2*1-6H,7H2,(H,20,21).